The maximum atomic E-state index is 14.3. The fourth-order valence-electron chi connectivity index (χ4n) is 2.68. The smallest absolute Gasteiger partial charge is 0.258 e. The lowest BCUT2D eigenvalue weighted by Crippen LogP contribution is -2.36. The average Bonchev–Trinajstić information content (AvgIpc) is 2.67. The van der Waals surface area contributed by atoms with Crippen LogP contribution < -0.4 is 4.90 Å². The second-order valence-corrected chi connectivity index (χ2v) is 6.14. The van der Waals surface area contributed by atoms with Gasteiger partial charge in [-0.2, -0.15) is 0 Å². The molecule has 0 atom stereocenters. The van der Waals surface area contributed by atoms with Crippen LogP contribution in [0.25, 0.3) is 0 Å². The first kappa shape index (κ1) is 18.5. The van der Waals surface area contributed by atoms with Crippen molar-refractivity contribution < 1.29 is 18.4 Å². The van der Waals surface area contributed by atoms with E-state index < -0.39 is 17.5 Å². The quantitative estimate of drug-likeness (QED) is 0.609. The van der Waals surface area contributed by atoms with Crippen molar-refractivity contribution in [2.45, 2.75) is 6.92 Å². The molecule has 0 saturated heterocycles. The molecule has 0 N–H and O–H groups in total. The largest absolute Gasteiger partial charge is 0.298 e. The van der Waals surface area contributed by atoms with Crippen molar-refractivity contribution >= 4 is 17.4 Å². The summed E-state index contributed by atoms with van der Waals surface area (Å²) in [4.78, 5) is 26.6. The fraction of sp³-hybridized carbons (Fsp3) is 0.0909. The molecule has 0 heterocycles. The molecule has 0 spiro atoms. The number of anilines is 1. The standard InChI is InChI=1S/C22H17F2NO2/c1-15-7-9-16(10-8-15)21(26)14-25(20-12-11-18(23)13-19(20)24)22(27)17-5-3-2-4-6-17/h2-13H,14H2,1H3. The highest BCUT2D eigenvalue weighted by Crippen LogP contribution is 2.23. The van der Waals surface area contributed by atoms with E-state index in [4.69, 9.17) is 0 Å². The van der Waals surface area contributed by atoms with Gasteiger partial charge < -0.3 is 0 Å². The molecule has 0 radical (unpaired) electrons. The van der Waals surface area contributed by atoms with Crippen LogP contribution in [0.15, 0.2) is 72.8 Å². The molecule has 3 rings (SSSR count). The molecule has 0 unspecified atom stereocenters. The molecule has 1 amide bonds. The van der Waals surface area contributed by atoms with Crippen molar-refractivity contribution in [3.8, 4) is 0 Å². The average molecular weight is 365 g/mol. The van der Waals surface area contributed by atoms with Gasteiger partial charge in [-0.1, -0.05) is 48.0 Å². The summed E-state index contributed by atoms with van der Waals surface area (Å²) in [7, 11) is 0. The number of ketones is 1. The van der Waals surface area contributed by atoms with Gasteiger partial charge in [-0.05, 0) is 31.2 Å². The maximum absolute atomic E-state index is 14.3. The Bertz CT molecular complexity index is 969. The van der Waals surface area contributed by atoms with Gasteiger partial charge in [0.1, 0.15) is 11.6 Å². The van der Waals surface area contributed by atoms with Crippen LogP contribution in [0, 0.1) is 18.6 Å². The molecule has 0 aliphatic heterocycles. The Morgan fingerprint density at radius 2 is 1.52 bits per heavy atom. The highest BCUT2D eigenvalue weighted by molar-refractivity contribution is 6.11. The normalized spacial score (nSPS) is 10.5. The second kappa shape index (κ2) is 7.91. The minimum Gasteiger partial charge on any atom is -0.298 e. The minimum atomic E-state index is -0.906. The van der Waals surface area contributed by atoms with Crippen molar-refractivity contribution in [3.05, 3.63) is 101 Å². The highest BCUT2D eigenvalue weighted by Gasteiger charge is 2.24. The zero-order chi connectivity index (χ0) is 19.4. The molecule has 0 aliphatic carbocycles. The van der Waals surface area contributed by atoms with Gasteiger partial charge >= 0.3 is 0 Å². The molecule has 136 valence electrons. The summed E-state index contributed by atoms with van der Waals surface area (Å²) in [5.41, 5.74) is 1.56. The van der Waals surface area contributed by atoms with Gasteiger partial charge in [-0.3, -0.25) is 14.5 Å². The highest BCUT2D eigenvalue weighted by atomic mass is 19.1. The molecule has 0 saturated carbocycles. The van der Waals surface area contributed by atoms with Gasteiger partial charge in [0.15, 0.2) is 5.78 Å². The van der Waals surface area contributed by atoms with Crippen LogP contribution in [0.3, 0.4) is 0 Å². The number of amides is 1. The summed E-state index contributed by atoms with van der Waals surface area (Å²) in [5, 5.41) is 0. The Hall–Kier alpha value is -3.34. The van der Waals surface area contributed by atoms with E-state index in [1.54, 1.807) is 54.6 Å². The summed E-state index contributed by atoms with van der Waals surface area (Å²) in [6, 6.07) is 18.0. The summed E-state index contributed by atoms with van der Waals surface area (Å²) in [6.07, 6.45) is 0. The zero-order valence-corrected chi connectivity index (χ0v) is 14.7. The third-order valence-electron chi connectivity index (χ3n) is 4.14. The van der Waals surface area contributed by atoms with E-state index in [-0.39, 0.29) is 18.0 Å². The molecular formula is C22H17F2NO2. The van der Waals surface area contributed by atoms with Crippen LogP contribution in [-0.2, 0) is 0 Å². The molecule has 5 heteroatoms. The monoisotopic (exact) mass is 365 g/mol. The predicted octanol–water partition coefficient (Wildman–Crippen LogP) is 4.80. The second-order valence-electron chi connectivity index (χ2n) is 6.14. The Kier molecular flexibility index (Phi) is 5.41. The Labute approximate surface area is 155 Å². The van der Waals surface area contributed by atoms with Gasteiger partial charge in [-0.15, -0.1) is 0 Å². The van der Waals surface area contributed by atoms with E-state index in [0.717, 1.165) is 22.6 Å². The van der Waals surface area contributed by atoms with Gasteiger partial charge in [-0.25, -0.2) is 8.78 Å². The van der Waals surface area contributed by atoms with Gasteiger partial charge in [0, 0.05) is 17.2 Å². The van der Waals surface area contributed by atoms with Crippen molar-refractivity contribution in [2.75, 3.05) is 11.4 Å². The first-order valence-electron chi connectivity index (χ1n) is 8.37. The van der Waals surface area contributed by atoms with E-state index in [1.807, 2.05) is 6.92 Å². The van der Waals surface area contributed by atoms with Crippen LogP contribution in [0.2, 0.25) is 0 Å². The third-order valence-corrected chi connectivity index (χ3v) is 4.14. The van der Waals surface area contributed by atoms with Crippen LogP contribution in [0.1, 0.15) is 26.3 Å². The van der Waals surface area contributed by atoms with E-state index in [2.05, 4.69) is 0 Å². The molecule has 3 nitrogen and oxygen atoms in total. The van der Waals surface area contributed by atoms with Gasteiger partial charge in [0.25, 0.3) is 5.91 Å². The van der Waals surface area contributed by atoms with Crippen LogP contribution in [0.5, 0.6) is 0 Å². The summed E-state index contributed by atoms with van der Waals surface area (Å²) in [6.45, 7) is 1.53. The molecule has 3 aromatic rings. The lowest BCUT2D eigenvalue weighted by atomic mass is 10.1. The lowest BCUT2D eigenvalue weighted by molar-refractivity contribution is 0.0936. The van der Waals surface area contributed by atoms with Crippen molar-refractivity contribution in [3.63, 3.8) is 0 Å². The van der Waals surface area contributed by atoms with Crippen molar-refractivity contribution in [1.29, 1.82) is 0 Å². The predicted molar refractivity (Wildman–Crippen MR) is 100.0 cm³/mol. The number of hydrogen-bond acceptors (Lipinski definition) is 2. The zero-order valence-electron chi connectivity index (χ0n) is 14.7. The Balaban J connectivity index is 1.98. The molecule has 3 aromatic carbocycles. The number of aryl methyl sites for hydroxylation is 1. The molecule has 27 heavy (non-hydrogen) atoms. The number of carbonyl (C=O) groups excluding carboxylic acids is 2. The molecular weight excluding hydrogens is 348 g/mol. The number of nitrogens with zero attached hydrogens (tertiary/aromatic N) is 1. The fourth-order valence-corrected chi connectivity index (χ4v) is 2.68. The lowest BCUT2D eigenvalue weighted by Gasteiger charge is -2.23. The summed E-state index contributed by atoms with van der Waals surface area (Å²) in [5.74, 6) is -2.55. The van der Waals surface area contributed by atoms with Gasteiger partial charge in [0.05, 0.1) is 12.2 Å². The minimum absolute atomic E-state index is 0.147. The first-order valence-corrected chi connectivity index (χ1v) is 8.37. The van der Waals surface area contributed by atoms with Gasteiger partial charge in [0.2, 0.25) is 0 Å². The van der Waals surface area contributed by atoms with E-state index in [9.17, 15) is 18.4 Å². The van der Waals surface area contributed by atoms with E-state index in [1.165, 1.54) is 0 Å². The summed E-state index contributed by atoms with van der Waals surface area (Å²) >= 11 is 0. The van der Waals surface area contributed by atoms with Crippen LogP contribution >= 0.6 is 0 Å². The number of carbonyl (C=O) groups is 2. The van der Waals surface area contributed by atoms with E-state index >= 15 is 0 Å². The van der Waals surface area contributed by atoms with Crippen molar-refractivity contribution in [1.82, 2.24) is 0 Å². The Morgan fingerprint density at radius 1 is 0.852 bits per heavy atom. The third kappa shape index (κ3) is 4.26. The van der Waals surface area contributed by atoms with Crippen LogP contribution in [-0.4, -0.2) is 18.2 Å². The number of rotatable bonds is 5. The maximum Gasteiger partial charge on any atom is 0.258 e. The SMILES string of the molecule is Cc1ccc(C(=O)CN(C(=O)c2ccccc2)c2ccc(F)cc2F)cc1. The number of benzene rings is 3. The number of halogens is 2. The first-order chi connectivity index (χ1) is 13.0. The van der Waals surface area contributed by atoms with Crippen molar-refractivity contribution in [2.24, 2.45) is 0 Å². The molecule has 0 fully saturated rings. The molecule has 0 aliphatic rings. The topological polar surface area (TPSA) is 37.4 Å². The van der Waals surface area contributed by atoms with E-state index in [0.29, 0.717) is 17.2 Å². The van der Waals surface area contributed by atoms with Crippen LogP contribution in [0.4, 0.5) is 14.5 Å². The molecule has 0 bridgehead atoms. The number of hydrogen-bond donors (Lipinski definition) is 0. The Morgan fingerprint density at radius 3 is 2.15 bits per heavy atom. The molecule has 0 aromatic heterocycles. The number of Topliss-reactive ketones (excluding diaryl/α,β-unsaturated/α-hetero) is 1. The summed E-state index contributed by atoms with van der Waals surface area (Å²) < 4.78 is 27.6.